The first-order valence-electron chi connectivity index (χ1n) is 6.50. The van der Waals surface area contributed by atoms with Crippen molar-refractivity contribution in [2.45, 2.75) is 0 Å². The second kappa shape index (κ2) is 5.32. The van der Waals surface area contributed by atoms with E-state index in [-0.39, 0.29) is 0 Å². The van der Waals surface area contributed by atoms with Crippen LogP contribution in [0.25, 0.3) is 17.0 Å². The van der Waals surface area contributed by atoms with Gasteiger partial charge >= 0.3 is 0 Å². The van der Waals surface area contributed by atoms with Crippen LogP contribution in [-0.4, -0.2) is 35.6 Å². The van der Waals surface area contributed by atoms with Gasteiger partial charge in [0.1, 0.15) is 17.3 Å². The zero-order valence-electron chi connectivity index (χ0n) is 12.1. The molecule has 0 atom stereocenters. The Morgan fingerprint density at radius 1 is 1.05 bits per heavy atom. The van der Waals surface area contributed by atoms with Gasteiger partial charge in [-0.1, -0.05) is 0 Å². The molecule has 3 rings (SSSR count). The van der Waals surface area contributed by atoms with Crippen LogP contribution in [0.2, 0.25) is 0 Å². The number of methoxy groups -OCH3 is 2. The van der Waals surface area contributed by atoms with E-state index in [2.05, 4.69) is 15.3 Å². The molecule has 0 fully saturated rings. The van der Waals surface area contributed by atoms with Crippen molar-refractivity contribution in [3.63, 3.8) is 0 Å². The van der Waals surface area contributed by atoms with Gasteiger partial charge in [0.05, 0.1) is 19.9 Å². The molecule has 6 nitrogen and oxygen atoms in total. The van der Waals surface area contributed by atoms with Crippen molar-refractivity contribution in [1.29, 1.82) is 0 Å². The van der Waals surface area contributed by atoms with E-state index < -0.39 is 0 Å². The molecule has 1 aromatic carbocycles. The third-order valence-electron chi connectivity index (χ3n) is 3.23. The van der Waals surface area contributed by atoms with Crippen LogP contribution in [0.3, 0.4) is 0 Å². The van der Waals surface area contributed by atoms with Crippen molar-refractivity contribution in [2.75, 3.05) is 26.6 Å². The summed E-state index contributed by atoms with van der Waals surface area (Å²) in [6.45, 7) is 0. The second-order valence-electron chi connectivity index (χ2n) is 4.50. The van der Waals surface area contributed by atoms with Crippen LogP contribution in [0.4, 0.5) is 5.82 Å². The lowest BCUT2D eigenvalue weighted by Crippen LogP contribution is -1.94. The van der Waals surface area contributed by atoms with Crippen molar-refractivity contribution in [2.24, 2.45) is 0 Å². The van der Waals surface area contributed by atoms with Crippen LogP contribution in [0.5, 0.6) is 11.5 Å². The Balaban J connectivity index is 2.11. The molecular weight excluding hydrogens is 268 g/mol. The van der Waals surface area contributed by atoms with Crippen LogP contribution < -0.4 is 14.8 Å². The Kier molecular flexibility index (Phi) is 3.35. The van der Waals surface area contributed by atoms with E-state index in [4.69, 9.17) is 9.47 Å². The molecule has 0 aliphatic rings. The highest BCUT2D eigenvalue weighted by Gasteiger charge is 2.09. The molecular formula is C15H16N4O2. The molecule has 2 aromatic heterocycles. The highest BCUT2D eigenvalue weighted by Crippen LogP contribution is 2.29. The minimum absolute atomic E-state index is 0.638. The maximum absolute atomic E-state index is 5.29. The van der Waals surface area contributed by atoms with Gasteiger partial charge in [0.25, 0.3) is 0 Å². The summed E-state index contributed by atoms with van der Waals surface area (Å²) in [4.78, 5) is 8.95. The summed E-state index contributed by atoms with van der Waals surface area (Å²) >= 11 is 0. The molecule has 0 bridgehead atoms. The topological polar surface area (TPSA) is 60.7 Å². The molecule has 0 aliphatic heterocycles. The monoisotopic (exact) mass is 284 g/mol. The normalized spacial score (nSPS) is 10.6. The quantitative estimate of drug-likeness (QED) is 0.797. The summed E-state index contributed by atoms with van der Waals surface area (Å²) < 4.78 is 12.5. The van der Waals surface area contributed by atoms with Gasteiger partial charge in [0.15, 0.2) is 0 Å². The molecule has 0 amide bonds. The highest BCUT2D eigenvalue weighted by atomic mass is 16.5. The number of hydrogen-bond acceptors (Lipinski definition) is 5. The predicted molar refractivity (Wildman–Crippen MR) is 81.1 cm³/mol. The van der Waals surface area contributed by atoms with E-state index in [1.807, 2.05) is 48.1 Å². The first-order valence-corrected chi connectivity index (χ1v) is 6.50. The lowest BCUT2D eigenvalue weighted by atomic mass is 10.1. The first kappa shape index (κ1) is 13.2. The number of aromatic nitrogens is 3. The number of hydrogen-bond donors (Lipinski definition) is 1. The first-order chi connectivity index (χ1) is 10.2. The summed E-state index contributed by atoms with van der Waals surface area (Å²) in [6, 6.07) is 7.56. The summed E-state index contributed by atoms with van der Waals surface area (Å²) in [5.74, 6) is 2.87. The predicted octanol–water partition coefficient (Wildman–Crippen LogP) is 2.46. The molecule has 0 saturated heterocycles. The van der Waals surface area contributed by atoms with Gasteiger partial charge in [-0.05, 0) is 18.2 Å². The Morgan fingerprint density at radius 3 is 2.38 bits per heavy atom. The highest BCUT2D eigenvalue weighted by molar-refractivity contribution is 5.66. The molecule has 0 radical (unpaired) electrons. The third-order valence-corrected chi connectivity index (χ3v) is 3.23. The average Bonchev–Trinajstić information content (AvgIpc) is 2.97. The lowest BCUT2D eigenvalue weighted by molar-refractivity contribution is 0.394. The Bertz CT molecular complexity index is 760. The largest absolute Gasteiger partial charge is 0.497 e. The summed E-state index contributed by atoms with van der Waals surface area (Å²) in [6.07, 6.45) is 3.85. The van der Waals surface area contributed by atoms with Gasteiger partial charge in [0, 0.05) is 31.1 Å². The van der Waals surface area contributed by atoms with Crippen molar-refractivity contribution in [3.05, 3.63) is 36.7 Å². The van der Waals surface area contributed by atoms with E-state index in [0.717, 1.165) is 28.6 Å². The number of anilines is 1. The molecule has 21 heavy (non-hydrogen) atoms. The van der Waals surface area contributed by atoms with Gasteiger partial charge < -0.3 is 14.8 Å². The lowest BCUT2D eigenvalue weighted by Gasteiger charge is -2.06. The van der Waals surface area contributed by atoms with Crippen LogP contribution in [0.15, 0.2) is 36.7 Å². The van der Waals surface area contributed by atoms with E-state index in [0.29, 0.717) is 5.78 Å². The molecule has 0 spiro atoms. The van der Waals surface area contributed by atoms with Crippen molar-refractivity contribution >= 4 is 11.6 Å². The van der Waals surface area contributed by atoms with Gasteiger partial charge in [-0.25, -0.2) is 4.98 Å². The number of ether oxygens (including phenoxy) is 2. The van der Waals surface area contributed by atoms with Gasteiger partial charge in [-0.3, -0.25) is 4.40 Å². The minimum atomic E-state index is 0.638. The standard InChI is InChI=1S/C15H16N4O2/c1-16-14-4-5-19-9-13(17-15(19)18-14)10-6-11(20-2)8-12(7-10)21-3/h4-9H,1-3H3,(H,16,17,18). The van der Waals surface area contributed by atoms with Crippen molar-refractivity contribution in [1.82, 2.24) is 14.4 Å². The van der Waals surface area contributed by atoms with E-state index >= 15 is 0 Å². The Hall–Kier alpha value is -2.76. The maximum Gasteiger partial charge on any atom is 0.236 e. The summed E-state index contributed by atoms with van der Waals surface area (Å²) in [7, 11) is 5.08. The molecule has 3 aromatic rings. The number of rotatable bonds is 4. The van der Waals surface area contributed by atoms with Crippen molar-refractivity contribution < 1.29 is 9.47 Å². The minimum Gasteiger partial charge on any atom is -0.497 e. The summed E-state index contributed by atoms with van der Waals surface area (Å²) in [5.41, 5.74) is 1.73. The van der Waals surface area contributed by atoms with E-state index in [9.17, 15) is 0 Å². The van der Waals surface area contributed by atoms with Crippen LogP contribution in [0, 0.1) is 0 Å². The number of imidazole rings is 1. The van der Waals surface area contributed by atoms with Crippen molar-refractivity contribution in [3.8, 4) is 22.8 Å². The number of nitrogens with one attached hydrogen (secondary N) is 1. The van der Waals surface area contributed by atoms with Gasteiger partial charge in [0.2, 0.25) is 5.78 Å². The van der Waals surface area contributed by atoms with Crippen LogP contribution in [-0.2, 0) is 0 Å². The maximum atomic E-state index is 5.29. The molecule has 0 saturated carbocycles. The molecule has 6 heteroatoms. The smallest absolute Gasteiger partial charge is 0.236 e. The third kappa shape index (κ3) is 2.47. The number of nitrogens with zero attached hydrogens (tertiary/aromatic N) is 3. The molecule has 0 aliphatic carbocycles. The number of fused-ring (bicyclic) bond motifs is 1. The van der Waals surface area contributed by atoms with E-state index in [1.165, 1.54) is 0 Å². The molecule has 2 heterocycles. The average molecular weight is 284 g/mol. The SMILES string of the molecule is CNc1ccn2cc(-c3cc(OC)cc(OC)c3)nc2n1. The zero-order valence-corrected chi connectivity index (χ0v) is 12.1. The van der Waals surface area contributed by atoms with Crippen LogP contribution >= 0.6 is 0 Å². The Labute approximate surface area is 122 Å². The van der Waals surface area contributed by atoms with Gasteiger partial charge in [-0.15, -0.1) is 0 Å². The van der Waals surface area contributed by atoms with Crippen LogP contribution in [0.1, 0.15) is 0 Å². The van der Waals surface area contributed by atoms with Gasteiger partial charge in [-0.2, -0.15) is 4.98 Å². The number of benzene rings is 1. The summed E-state index contributed by atoms with van der Waals surface area (Å²) in [5, 5.41) is 3.00. The zero-order chi connectivity index (χ0) is 14.8. The Morgan fingerprint density at radius 2 is 1.76 bits per heavy atom. The molecule has 108 valence electrons. The molecule has 0 unspecified atom stereocenters. The fraction of sp³-hybridized carbons (Fsp3) is 0.200. The second-order valence-corrected chi connectivity index (χ2v) is 4.50. The molecule has 1 N–H and O–H groups in total. The fourth-order valence-corrected chi connectivity index (χ4v) is 2.11. The fourth-order valence-electron chi connectivity index (χ4n) is 2.11. The van der Waals surface area contributed by atoms with E-state index in [1.54, 1.807) is 14.2 Å².